The molecule has 1 aliphatic rings. The Balaban J connectivity index is 1.56. The number of benzene rings is 3. The number of hydrogen-bond acceptors (Lipinski definition) is 7. The molecule has 0 unspecified atom stereocenters. The zero-order chi connectivity index (χ0) is 35.5. The van der Waals surface area contributed by atoms with Crippen molar-refractivity contribution in [3.05, 3.63) is 89.2 Å². The summed E-state index contributed by atoms with van der Waals surface area (Å²) in [6, 6.07) is 16.0. The molecule has 0 aliphatic carbocycles. The van der Waals surface area contributed by atoms with Gasteiger partial charge in [0.1, 0.15) is 11.6 Å². The Morgan fingerprint density at radius 3 is 2.37 bits per heavy atom. The number of aromatic carboxylic acids is 1. The average Bonchev–Trinajstić information content (AvgIpc) is 3.07. The van der Waals surface area contributed by atoms with E-state index < -0.39 is 23.9 Å². The van der Waals surface area contributed by atoms with Gasteiger partial charge in [0, 0.05) is 43.5 Å². The lowest BCUT2D eigenvalue weighted by molar-refractivity contribution is -0.0177. The molecule has 4 N–H and O–H groups in total. The predicted octanol–water partition coefficient (Wildman–Crippen LogP) is 6.10. The van der Waals surface area contributed by atoms with Crippen molar-refractivity contribution >= 4 is 29.3 Å². The minimum atomic E-state index is -0.971. The first kappa shape index (κ1) is 37.3. The summed E-state index contributed by atoms with van der Waals surface area (Å²) in [5, 5.41) is 24.8. The smallest absolute Gasteiger partial charge is 0.335 e. The number of carboxylic acids is 1. The number of aliphatic hydroxyl groups is 1. The molecular weight excluding hydrogens is 631 g/mol. The molecule has 3 aromatic rings. The van der Waals surface area contributed by atoms with E-state index in [0.29, 0.717) is 36.8 Å². The molecule has 0 fully saturated rings. The first-order chi connectivity index (χ1) is 23.4. The molecule has 0 radical (unpaired) electrons. The molecule has 0 bridgehead atoms. The van der Waals surface area contributed by atoms with E-state index in [1.54, 1.807) is 54.3 Å². The number of amides is 3. The number of anilines is 2. The zero-order valence-corrected chi connectivity index (χ0v) is 28.5. The largest absolute Gasteiger partial charge is 0.490 e. The van der Waals surface area contributed by atoms with Gasteiger partial charge in [-0.3, -0.25) is 9.69 Å². The number of urea groups is 1. The number of aliphatic hydroxyl groups excluding tert-OH is 1. The fourth-order valence-electron chi connectivity index (χ4n) is 5.73. The quantitative estimate of drug-likeness (QED) is 0.213. The topological polar surface area (TPSA) is 141 Å². The first-order valence-corrected chi connectivity index (χ1v) is 16.6. The van der Waals surface area contributed by atoms with E-state index in [4.69, 9.17) is 9.47 Å². The first-order valence-electron chi connectivity index (χ1n) is 16.6. The van der Waals surface area contributed by atoms with Gasteiger partial charge in [0.2, 0.25) is 0 Å². The number of halogens is 1. The van der Waals surface area contributed by atoms with Crippen molar-refractivity contribution in [2.75, 3.05) is 44.0 Å². The minimum absolute atomic E-state index is 0.135. The zero-order valence-electron chi connectivity index (χ0n) is 28.5. The molecule has 0 aromatic heterocycles. The number of fused-ring (bicyclic) bond motifs is 1. The number of nitrogens with zero attached hydrogens (tertiary/aromatic N) is 2. The van der Waals surface area contributed by atoms with E-state index in [1.165, 1.54) is 24.3 Å². The average molecular weight is 679 g/mol. The molecule has 0 spiro atoms. The van der Waals surface area contributed by atoms with Crippen molar-refractivity contribution in [3.8, 4) is 5.75 Å². The molecule has 1 heterocycles. The second kappa shape index (κ2) is 17.8. The minimum Gasteiger partial charge on any atom is -0.490 e. The van der Waals surface area contributed by atoms with Crippen LogP contribution < -0.4 is 15.4 Å². The van der Waals surface area contributed by atoms with Crippen LogP contribution in [0.25, 0.3) is 0 Å². The van der Waals surface area contributed by atoms with Crippen LogP contribution in [0.4, 0.5) is 20.6 Å². The number of likely N-dealkylation sites (N-methyl/N-ethyl adjacent to an activating group) is 1. The lowest BCUT2D eigenvalue weighted by Gasteiger charge is -2.36. The van der Waals surface area contributed by atoms with E-state index in [9.17, 15) is 29.0 Å². The maximum atomic E-state index is 14.3. The van der Waals surface area contributed by atoms with E-state index >= 15 is 0 Å². The standard InChI is InChI=1S/C37H47FN4O7/c1-24-20-42(25(2)23-43)35(44)32-19-31(40-37(47)39-30-14-12-29(38)13-15-30)16-17-33(32)49-26(3)7-5-6-18-48-34(24)22-41(4)21-27-8-10-28(11-9-27)36(45)46/h8-17,19,24-26,34,43H,5-7,18,20-23H2,1-4H3,(H,45,46)(H2,39,40,47)/t24-,25+,26-,34-/m0/s1. The van der Waals surface area contributed by atoms with E-state index in [-0.39, 0.29) is 48.3 Å². The normalized spacial score (nSPS) is 19.7. The number of carbonyl (C=O) groups is 3. The molecule has 1 aliphatic heterocycles. The van der Waals surface area contributed by atoms with Crippen molar-refractivity contribution in [2.45, 2.75) is 64.8 Å². The van der Waals surface area contributed by atoms with Gasteiger partial charge in [-0.05, 0) is 100 Å². The maximum absolute atomic E-state index is 14.3. The van der Waals surface area contributed by atoms with E-state index in [2.05, 4.69) is 15.5 Å². The summed E-state index contributed by atoms with van der Waals surface area (Å²) in [4.78, 5) is 42.1. The third-order valence-electron chi connectivity index (χ3n) is 8.56. The molecule has 11 nitrogen and oxygen atoms in total. The van der Waals surface area contributed by atoms with Crippen molar-refractivity contribution in [3.63, 3.8) is 0 Å². The number of carboxylic acid groups (broad SMARTS) is 1. The predicted molar refractivity (Wildman–Crippen MR) is 186 cm³/mol. The summed E-state index contributed by atoms with van der Waals surface area (Å²) >= 11 is 0. The Hall–Kier alpha value is -4.52. The van der Waals surface area contributed by atoms with Crippen LogP contribution in [0.15, 0.2) is 66.7 Å². The van der Waals surface area contributed by atoms with Crippen molar-refractivity contribution in [2.24, 2.45) is 5.92 Å². The molecule has 3 amide bonds. The van der Waals surface area contributed by atoms with Crippen LogP contribution >= 0.6 is 0 Å². The molecule has 49 heavy (non-hydrogen) atoms. The molecular formula is C37H47FN4O7. The highest BCUT2D eigenvalue weighted by Gasteiger charge is 2.30. The van der Waals surface area contributed by atoms with Crippen LogP contribution in [0, 0.1) is 11.7 Å². The molecule has 4 atom stereocenters. The van der Waals surface area contributed by atoms with Gasteiger partial charge in [-0.1, -0.05) is 19.1 Å². The van der Waals surface area contributed by atoms with Gasteiger partial charge in [0.15, 0.2) is 0 Å². The fourth-order valence-corrected chi connectivity index (χ4v) is 5.73. The molecule has 3 aromatic carbocycles. The second-order valence-electron chi connectivity index (χ2n) is 12.8. The van der Waals surface area contributed by atoms with Crippen LogP contribution in [0.3, 0.4) is 0 Å². The summed E-state index contributed by atoms with van der Waals surface area (Å²) < 4.78 is 26.0. The van der Waals surface area contributed by atoms with E-state index in [1.807, 2.05) is 20.9 Å². The number of carbonyl (C=O) groups excluding carboxylic acids is 2. The van der Waals surface area contributed by atoms with Crippen molar-refractivity contribution in [1.82, 2.24) is 9.80 Å². The summed E-state index contributed by atoms with van der Waals surface area (Å²) in [5.41, 5.74) is 2.20. The van der Waals surface area contributed by atoms with Gasteiger partial charge in [-0.25, -0.2) is 14.0 Å². The number of hydrogen-bond donors (Lipinski definition) is 4. The summed E-state index contributed by atoms with van der Waals surface area (Å²) in [6.07, 6.45) is 1.97. The molecule has 0 saturated heterocycles. The highest BCUT2D eigenvalue weighted by Crippen LogP contribution is 2.29. The fraction of sp³-hybridized carbons (Fsp3) is 0.432. The maximum Gasteiger partial charge on any atom is 0.335 e. The lowest BCUT2D eigenvalue weighted by Crippen LogP contribution is -2.47. The van der Waals surface area contributed by atoms with Gasteiger partial charge in [-0.15, -0.1) is 0 Å². The summed E-state index contributed by atoms with van der Waals surface area (Å²) in [7, 11) is 1.97. The molecule has 264 valence electrons. The van der Waals surface area contributed by atoms with Crippen LogP contribution in [0.5, 0.6) is 5.75 Å². The van der Waals surface area contributed by atoms with E-state index in [0.717, 1.165) is 24.8 Å². The van der Waals surface area contributed by atoms with Gasteiger partial charge in [0.05, 0.1) is 36.0 Å². The SMILES string of the molecule is C[C@H](CO)N1C[C@H](C)[C@H](CN(C)Cc2ccc(C(=O)O)cc2)OCCCC[C@H](C)Oc2ccc(NC(=O)Nc3ccc(F)cc3)cc2C1=O. The van der Waals surface area contributed by atoms with Crippen LogP contribution in [-0.2, 0) is 11.3 Å². The third-order valence-corrected chi connectivity index (χ3v) is 8.56. The number of nitrogens with one attached hydrogen (secondary N) is 2. The Kier molecular flexibility index (Phi) is 13.5. The lowest BCUT2D eigenvalue weighted by atomic mass is 10.0. The van der Waals surface area contributed by atoms with Crippen LogP contribution in [0.2, 0.25) is 0 Å². The van der Waals surface area contributed by atoms with Gasteiger partial charge >= 0.3 is 12.0 Å². The third kappa shape index (κ3) is 11.0. The number of ether oxygens (including phenoxy) is 2. The van der Waals surface area contributed by atoms with Gasteiger partial charge in [0.25, 0.3) is 5.91 Å². The Bertz CT molecular complexity index is 1550. The molecule has 12 heteroatoms. The number of rotatable bonds is 9. The van der Waals surface area contributed by atoms with Gasteiger partial charge < -0.3 is 35.2 Å². The van der Waals surface area contributed by atoms with Crippen LogP contribution in [-0.4, -0.2) is 89.5 Å². The van der Waals surface area contributed by atoms with Crippen molar-refractivity contribution < 1.29 is 38.5 Å². The highest BCUT2D eigenvalue weighted by molar-refractivity contribution is 6.02. The second-order valence-corrected chi connectivity index (χ2v) is 12.8. The Morgan fingerprint density at radius 2 is 1.69 bits per heavy atom. The van der Waals surface area contributed by atoms with Crippen molar-refractivity contribution in [1.29, 1.82) is 0 Å². The summed E-state index contributed by atoms with van der Waals surface area (Å²) in [5.74, 6) is -1.51. The highest BCUT2D eigenvalue weighted by atomic mass is 19.1. The monoisotopic (exact) mass is 678 g/mol. The molecule has 4 rings (SSSR count). The molecule has 0 saturated carbocycles. The van der Waals surface area contributed by atoms with Gasteiger partial charge in [-0.2, -0.15) is 0 Å². The Morgan fingerprint density at radius 1 is 1.02 bits per heavy atom. The summed E-state index contributed by atoms with van der Waals surface area (Å²) in [6.45, 7) is 7.44. The Labute approximate surface area is 287 Å². The van der Waals surface area contributed by atoms with Crippen LogP contribution in [0.1, 0.15) is 66.3 Å².